The molecule has 6 nitrogen and oxygen atoms in total. The van der Waals surface area contributed by atoms with Crippen LogP contribution in [-0.4, -0.2) is 47.4 Å². The average Bonchev–Trinajstić information content (AvgIpc) is 2.87. The fourth-order valence-electron chi connectivity index (χ4n) is 2.53. The molecule has 2 heterocycles. The summed E-state index contributed by atoms with van der Waals surface area (Å²) in [7, 11) is 1.77. The number of halogens is 1. The van der Waals surface area contributed by atoms with Crippen molar-refractivity contribution >= 4 is 12.4 Å². The lowest BCUT2D eigenvalue weighted by Gasteiger charge is -2.37. The van der Waals surface area contributed by atoms with Gasteiger partial charge in [0.2, 0.25) is 5.89 Å². The van der Waals surface area contributed by atoms with E-state index < -0.39 is 0 Å². The summed E-state index contributed by atoms with van der Waals surface area (Å²) in [6.45, 7) is 8.48. The summed E-state index contributed by atoms with van der Waals surface area (Å²) in [6, 6.07) is 0.324. The van der Waals surface area contributed by atoms with E-state index in [1.807, 2.05) is 0 Å². The van der Waals surface area contributed by atoms with Crippen molar-refractivity contribution in [3.8, 4) is 0 Å². The Morgan fingerprint density at radius 1 is 1.43 bits per heavy atom. The van der Waals surface area contributed by atoms with Gasteiger partial charge in [-0.2, -0.15) is 4.98 Å². The van der Waals surface area contributed by atoms with Crippen molar-refractivity contribution in [3.63, 3.8) is 0 Å². The highest BCUT2D eigenvalue weighted by Gasteiger charge is 2.29. The summed E-state index contributed by atoms with van der Waals surface area (Å²) < 4.78 is 10.8. The summed E-state index contributed by atoms with van der Waals surface area (Å²) >= 11 is 0. The third kappa shape index (κ3) is 4.64. The Hall–Kier alpha value is -0.690. The maximum absolute atomic E-state index is 5.88. The third-order valence-corrected chi connectivity index (χ3v) is 3.85. The van der Waals surface area contributed by atoms with Gasteiger partial charge in [-0.1, -0.05) is 25.9 Å². The standard InChI is InChI=1S/C14H26N4O2.ClH/c1-14(2,3)13-16-12(17-20-13)9-18-6-5-11(19-4)7-10(18)8-15;/h10-11H,5-9,15H2,1-4H3;1H. The van der Waals surface area contributed by atoms with Crippen molar-refractivity contribution in [2.75, 3.05) is 20.2 Å². The molecule has 0 aliphatic carbocycles. The van der Waals surface area contributed by atoms with Gasteiger partial charge < -0.3 is 15.0 Å². The van der Waals surface area contributed by atoms with Crippen molar-refractivity contribution < 1.29 is 9.26 Å². The van der Waals surface area contributed by atoms with Gasteiger partial charge in [0.25, 0.3) is 0 Å². The van der Waals surface area contributed by atoms with E-state index in [1.54, 1.807) is 7.11 Å². The Bertz CT molecular complexity index is 433. The fraction of sp³-hybridized carbons (Fsp3) is 0.857. The molecule has 1 aliphatic rings. The van der Waals surface area contributed by atoms with Crippen LogP contribution >= 0.6 is 12.4 Å². The van der Waals surface area contributed by atoms with Gasteiger partial charge in [-0.15, -0.1) is 12.4 Å². The molecule has 1 aliphatic heterocycles. The lowest BCUT2D eigenvalue weighted by Crippen LogP contribution is -2.48. The number of hydrogen-bond acceptors (Lipinski definition) is 6. The fourth-order valence-corrected chi connectivity index (χ4v) is 2.53. The van der Waals surface area contributed by atoms with E-state index in [1.165, 1.54) is 0 Å². The molecule has 1 fully saturated rings. The maximum Gasteiger partial charge on any atom is 0.232 e. The molecule has 2 rings (SSSR count). The Balaban J connectivity index is 0.00000220. The van der Waals surface area contributed by atoms with Gasteiger partial charge in [-0.05, 0) is 12.8 Å². The zero-order valence-electron chi connectivity index (χ0n) is 13.3. The summed E-state index contributed by atoms with van der Waals surface area (Å²) in [6.07, 6.45) is 2.31. The molecule has 1 aromatic heterocycles. The molecule has 0 aromatic carbocycles. The topological polar surface area (TPSA) is 77.4 Å². The zero-order valence-corrected chi connectivity index (χ0v) is 14.2. The molecular weight excluding hydrogens is 292 g/mol. The second-order valence-corrected chi connectivity index (χ2v) is 6.51. The summed E-state index contributed by atoms with van der Waals surface area (Å²) in [5.41, 5.74) is 5.77. The SMILES string of the molecule is COC1CCN(Cc2noc(C(C)(C)C)n2)C(CN)C1.Cl. The first-order valence-electron chi connectivity index (χ1n) is 7.24. The highest BCUT2D eigenvalue weighted by Crippen LogP contribution is 2.23. The minimum atomic E-state index is -0.110. The van der Waals surface area contributed by atoms with Crippen molar-refractivity contribution in [2.24, 2.45) is 5.73 Å². The van der Waals surface area contributed by atoms with Crippen molar-refractivity contribution in [1.29, 1.82) is 0 Å². The molecule has 122 valence electrons. The van der Waals surface area contributed by atoms with Crippen molar-refractivity contribution in [1.82, 2.24) is 15.0 Å². The molecule has 2 atom stereocenters. The molecule has 7 heteroatoms. The zero-order chi connectivity index (χ0) is 14.8. The second-order valence-electron chi connectivity index (χ2n) is 6.51. The number of rotatable bonds is 4. The lowest BCUT2D eigenvalue weighted by atomic mass is 9.97. The molecule has 21 heavy (non-hydrogen) atoms. The number of piperidine rings is 1. The highest BCUT2D eigenvalue weighted by atomic mass is 35.5. The van der Waals surface area contributed by atoms with Gasteiger partial charge in [0.1, 0.15) is 0 Å². The van der Waals surface area contributed by atoms with Gasteiger partial charge in [-0.3, -0.25) is 4.90 Å². The van der Waals surface area contributed by atoms with E-state index in [2.05, 4.69) is 35.8 Å². The summed E-state index contributed by atoms with van der Waals surface area (Å²) in [5.74, 6) is 1.42. The highest BCUT2D eigenvalue weighted by molar-refractivity contribution is 5.85. The smallest absolute Gasteiger partial charge is 0.232 e. The molecule has 0 bridgehead atoms. The molecule has 0 radical (unpaired) electrons. The summed E-state index contributed by atoms with van der Waals surface area (Å²) in [5, 5.41) is 4.08. The van der Waals surface area contributed by atoms with E-state index in [4.69, 9.17) is 15.0 Å². The van der Waals surface area contributed by atoms with Gasteiger partial charge >= 0.3 is 0 Å². The predicted molar refractivity (Wildman–Crippen MR) is 83.5 cm³/mol. The number of nitrogens with zero attached hydrogens (tertiary/aromatic N) is 3. The first kappa shape index (κ1) is 18.4. The lowest BCUT2D eigenvalue weighted by molar-refractivity contribution is 0.00910. The monoisotopic (exact) mass is 318 g/mol. The van der Waals surface area contributed by atoms with Crippen LogP contribution in [0.5, 0.6) is 0 Å². The largest absolute Gasteiger partial charge is 0.381 e. The number of hydrogen-bond donors (Lipinski definition) is 1. The van der Waals surface area contributed by atoms with Crippen LogP contribution in [0.3, 0.4) is 0 Å². The molecule has 0 saturated carbocycles. The minimum absolute atomic E-state index is 0. The molecule has 0 amide bonds. The van der Waals surface area contributed by atoms with E-state index in [9.17, 15) is 0 Å². The van der Waals surface area contributed by atoms with E-state index in [0.29, 0.717) is 31.1 Å². The molecule has 0 spiro atoms. The Labute approximate surface area is 132 Å². The Morgan fingerprint density at radius 2 is 2.14 bits per heavy atom. The number of ether oxygens (including phenoxy) is 1. The number of methoxy groups -OCH3 is 1. The first-order chi connectivity index (χ1) is 9.44. The number of likely N-dealkylation sites (tertiary alicyclic amines) is 1. The van der Waals surface area contributed by atoms with E-state index in [0.717, 1.165) is 25.2 Å². The number of aromatic nitrogens is 2. The Kier molecular flexibility index (Phi) is 6.59. The van der Waals surface area contributed by atoms with Gasteiger partial charge in [0.15, 0.2) is 5.82 Å². The summed E-state index contributed by atoms with van der Waals surface area (Å²) in [4.78, 5) is 6.82. The quantitative estimate of drug-likeness (QED) is 0.911. The molecule has 1 aromatic rings. The minimum Gasteiger partial charge on any atom is -0.381 e. The first-order valence-corrected chi connectivity index (χ1v) is 7.24. The maximum atomic E-state index is 5.88. The van der Waals surface area contributed by atoms with Gasteiger partial charge in [0, 0.05) is 31.7 Å². The van der Waals surface area contributed by atoms with Crippen molar-refractivity contribution in [3.05, 3.63) is 11.7 Å². The van der Waals surface area contributed by atoms with Crippen LogP contribution in [0.25, 0.3) is 0 Å². The van der Waals surface area contributed by atoms with Crippen LogP contribution < -0.4 is 5.73 Å². The van der Waals surface area contributed by atoms with E-state index >= 15 is 0 Å². The van der Waals surface area contributed by atoms with Crippen LogP contribution in [0.2, 0.25) is 0 Å². The average molecular weight is 319 g/mol. The van der Waals surface area contributed by atoms with Crippen molar-refractivity contribution in [2.45, 2.75) is 57.7 Å². The normalized spacial score (nSPS) is 23.9. The van der Waals surface area contributed by atoms with Crippen LogP contribution in [0.1, 0.15) is 45.3 Å². The van der Waals surface area contributed by atoms with Gasteiger partial charge in [-0.25, -0.2) is 0 Å². The van der Waals surface area contributed by atoms with Gasteiger partial charge in [0.05, 0.1) is 12.6 Å². The molecule has 1 saturated heterocycles. The predicted octanol–water partition coefficient (Wildman–Crippen LogP) is 1.73. The van der Waals surface area contributed by atoms with Crippen LogP contribution in [0, 0.1) is 0 Å². The molecule has 2 N–H and O–H groups in total. The van der Waals surface area contributed by atoms with Crippen LogP contribution in [0.4, 0.5) is 0 Å². The molecule has 2 unspecified atom stereocenters. The number of nitrogens with two attached hydrogens (primary N) is 1. The Morgan fingerprint density at radius 3 is 2.67 bits per heavy atom. The molecular formula is C14H27ClN4O2. The second kappa shape index (κ2) is 7.54. The third-order valence-electron chi connectivity index (χ3n) is 3.85. The van der Waals surface area contributed by atoms with Crippen LogP contribution in [-0.2, 0) is 16.7 Å². The van der Waals surface area contributed by atoms with Crippen LogP contribution in [0.15, 0.2) is 4.52 Å². The van der Waals surface area contributed by atoms with E-state index in [-0.39, 0.29) is 17.8 Å².